The van der Waals surface area contributed by atoms with Crippen LogP contribution in [0.25, 0.3) is 0 Å². The first kappa shape index (κ1) is 26.1. The number of nitrogens with one attached hydrogen (secondary N) is 2. The third-order valence-corrected chi connectivity index (χ3v) is 5.29. The van der Waals surface area contributed by atoms with Gasteiger partial charge >= 0.3 is 6.09 Å². The highest BCUT2D eigenvalue weighted by molar-refractivity contribution is 7.89. The van der Waals surface area contributed by atoms with E-state index >= 15 is 0 Å². The molecule has 0 unspecified atom stereocenters. The number of sulfonamides is 1. The van der Waals surface area contributed by atoms with Gasteiger partial charge in [-0.15, -0.1) is 0 Å². The van der Waals surface area contributed by atoms with Crippen molar-refractivity contribution < 1.29 is 37.3 Å². The monoisotopic (exact) mass is 449 g/mol. The normalized spacial score (nSPS) is 11.5. The van der Waals surface area contributed by atoms with Crippen LogP contribution >= 0.6 is 0 Å². The second-order valence-corrected chi connectivity index (χ2v) is 7.84. The molecule has 0 aromatic heterocycles. The quantitative estimate of drug-likeness (QED) is 0.192. The molecule has 1 amide bonds. The number of hydrogen-bond acceptors (Lipinski definition) is 8. The number of anilines is 1. The van der Waals surface area contributed by atoms with Gasteiger partial charge in [0.2, 0.25) is 10.0 Å². The molecule has 0 radical (unpaired) electrons. The van der Waals surface area contributed by atoms with E-state index < -0.39 is 16.1 Å². The van der Waals surface area contributed by atoms with Crippen LogP contribution < -0.4 is 15.8 Å². The summed E-state index contributed by atoms with van der Waals surface area (Å²) in [4.78, 5) is 10.4. The molecule has 1 aromatic carbocycles. The maximum atomic E-state index is 12.2. The van der Waals surface area contributed by atoms with Crippen LogP contribution in [0.15, 0.2) is 23.1 Å². The summed E-state index contributed by atoms with van der Waals surface area (Å²) in [6.45, 7) is 4.85. The van der Waals surface area contributed by atoms with E-state index in [1.54, 1.807) is 19.1 Å². The summed E-state index contributed by atoms with van der Waals surface area (Å²) in [5.41, 5.74) is 6.73. The largest absolute Gasteiger partial charge is 0.465 e. The van der Waals surface area contributed by atoms with Crippen LogP contribution in [0.4, 0.5) is 10.5 Å². The van der Waals surface area contributed by atoms with Crippen molar-refractivity contribution in [1.82, 2.24) is 10.0 Å². The lowest BCUT2D eigenvalue weighted by Crippen LogP contribution is -2.28. The summed E-state index contributed by atoms with van der Waals surface area (Å²) in [6.07, 6.45) is -1.08. The summed E-state index contributed by atoms with van der Waals surface area (Å²) in [6, 6.07) is 4.64. The molecule has 0 fully saturated rings. The van der Waals surface area contributed by atoms with Crippen molar-refractivity contribution in [2.45, 2.75) is 11.8 Å². The molecule has 12 heteroatoms. The molecule has 1 aromatic rings. The van der Waals surface area contributed by atoms with Gasteiger partial charge in [-0.1, -0.05) is 0 Å². The van der Waals surface area contributed by atoms with E-state index in [-0.39, 0.29) is 24.6 Å². The summed E-state index contributed by atoms with van der Waals surface area (Å²) in [5, 5.41) is 10.6. The molecular formula is C18H31N3O8S. The maximum absolute atomic E-state index is 12.2. The van der Waals surface area contributed by atoms with Crippen LogP contribution in [0, 0.1) is 6.92 Å². The Morgan fingerprint density at radius 2 is 1.43 bits per heavy atom. The third-order valence-electron chi connectivity index (χ3n) is 3.67. The Morgan fingerprint density at radius 1 is 0.933 bits per heavy atom. The number of rotatable bonds is 17. The fraction of sp³-hybridized carbons (Fsp3) is 0.611. The molecule has 172 valence electrons. The van der Waals surface area contributed by atoms with Crippen LogP contribution in [0.2, 0.25) is 0 Å². The number of carbonyl (C=O) groups is 1. The second kappa shape index (κ2) is 14.9. The van der Waals surface area contributed by atoms with Crippen LogP contribution in [0.3, 0.4) is 0 Å². The molecule has 5 N–H and O–H groups in total. The highest BCUT2D eigenvalue weighted by Crippen LogP contribution is 2.17. The van der Waals surface area contributed by atoms with Crippen LogP contribution in [-0.4, -0.2) is 85.6 Å². The topological polar surface area (TPSA) is 158 Å². The van der Waals surface area contributed by atoms with Crippen molar-refractivity contribution in [1.29, 1.82) is 0 Å². The standard InChI is InChI=1S/C18H31N3O8S/c1-15-14-16(19)2-3-17(15)30(24,25)21-5-7-27-9-11-29-13-12-28-10-8-26-6-4-20-18(22)23/h2-3,14,20-21H,4-13,19H2,1H3,(H,22,23). The lowest BCUT2D eigenvalue weighted by atomic mass is 10.2. The molecule has 11 nitrogen and oxygen atoms in total. The minimum absolute atomic E-state index is 0.150. The van der Waals surface area contributed by atoms with Crippen molar-refractivity contribution >= 4 is 21.8 Å². The lowest BCUT2D eigenvalue weighted by Gasteiger charge is -2.10. The summed E-state index contributed by atoms with van der Waals surface area (Å²) >= 11 is 0. The molecular weight excluding hydrogens is 418 g/mol. The number of amides is 1. The Balaban J connectivity index is 1.93. The zero-order valence-electron chi connectivity index (χ0n) is 17.1. The second-order valence-electron chi connectivity index (χ2n) is 6.10. The molecule has 0 atom stereocenters. The van der Waals surface area contributed by atoms with Gasteiger partial charge in [-0.05, 0) is 30.7 Å². The summed E-state index contributed by atoms with van der Waals surface area (Å²) in [5.74, 6) is 0. The molecule has 0 heterocycles. The minimum Gasteiger partial charge on any atom is -0.465 e. The Hall–Kier alpha value is -1.96. The molecule has 30 heavy (non-hydrogen) atoms. The molecule has 0 saturated heterocycles. The predicted molar refractivity (Wildman–Crippen MR) is 110 cm³/mol. The molecule has 0 spiro atoms. The molecule has 0 saturated carbocycles. The Morgan fingerprint density at radius 3 is 1.93 bits per heavy atom. The molecule has 0 aliphatic rings. The van der Waals surface area contributed by atoms with E-state index in [4.69, 9.17) is 29.8 Å². The van der Waals surface area contributed by atoms with Crippen molar-refractivity contribution in [3.05, 3.63) is 23.8 Å². The molecule has 0 bridgehead atoms. The van der Waals surface area contributed by atoms with Crippen molar-refractivity contribution in [2.24, 2.45) is 0 Å². The number of carboxylic acid groups (broad SMARTS) is 1. The molecule has 0 aliphatic heterocycles. The minimum atomic E-state index is -3.60. The van der Waals surface area contributed by atoms with Gasteiger partial charge in [0.25, 0.3) is 0 Å². The van der Waals surface area contributed by atoms with Crippen molar-refractivity contribution in [3.63, 3.8) is 0 Å². The number of nitrogens with two attached hydrogens (primary N) is 1. The lowest BCUT2D eigenvalue weighted by molar-refractivity contribution is -0.000752. The Bertz CT molecular complexity index is 730. The summed E-state index contributed by atoms with van der Waals surface area (Å²) < 4.78 is 48.1. The molecule has 0 aliphatic carbocycles. The van der Waals surface area contributed by atoms with Gasteiger partial charge in [-0.25, -0.2) is 17.9 Å². The van der Waals surface area contributed by atoms with E-state index in [2.05, 4.69) is 10.0 Å². The average Bonchev–Trinajstić information content (AvgIpc) is 2.67. The molecule has 1 rings (SSSR count). The van der Waals surface area contributed by atoms with Gasteiger partial charge in [0.1, 0.15) is 0 Å². The van der Waals surface area contributed by atoms with Crippen molar-refractivity contribution in [2.75, 3.05) is 71.7 Å². The van der Waals surface area contributed by atoms with E-state index in [1.165, 1.54) is 6.07 Å². The van der Waals surface area contributed by atoms with Gasteiger partial charge in [-0.2, -0.15) is 0 Å². The van der Waals surface area contributed by atoms with E-state index in [1.807, 2.05) is 0 Å². The number of hydrogen-bond donors (Lipinski definition) is 4. The third kappa shape index (κ3) is 11.9. The Labute approximate surface area is 176 Å². The van der Waals surface area contributed by atoms with E-state index in [0.717, 1.165) is 0 Å². The average molecular weight is 450 g/mol. The fourth-order valence-electron chi connectivity index (χ4n) is 2.29. The highest BCUT2D eigenvalue weighted by Gasteiger charge is 2.15. The Kier molecular flexibility index (Phi) is 13.0. The summed E-state index contributed by atoms with van der Waals surface area (Å²) in [7, 11) is -3.60. The number of aryl methyl sites for hydroxylation is 1. The van der Waals surface area contributed by atoms with E-state index in [9.17, 15) is 13.2 Å². The number of nitrogen functional groups attached to an aromatic ring is 1. The van der Waals surface area contributed by atoms with Crippen LogP contribution in [-0.2, 0) is 29.0 Å². The van der Waals surface area contributed by atoms with Gasteiger partial charge in [-0.3, -0.25) is 0 Å². The predicted octanol–water partition coefficient (Wildman–Crippen LogP) is 0.190. The van der Waals surface area contributed by atoms with Gasteiger partial charge in [0.15, 0.2) is 0 Å². The zero-order chi connectivity index (χ0) is 22.2. The first-order valence-electron chi connectivity index (χ1n) is 9.46. The number of ether oxygens (including phenoxy) is 4. The smallest absolute Gasteiger partial charge is 0.404 e. The zero-order valence-corrected chi connectivity index (χ0v) is 17.9. The van der Waals surface area contributed by atoms with Gasteiger partial charge in [0, 0.05) is 18.8 Å². The van der Waals surface area contributed by atoms with Gasteiger partial charge in [0.05, 0.1) is 57.8 Å². The van der Waals surface area contributed by atoms with Crippen molar-refractivity contribution in [3.8, 4) is 0 Å². The van der Waals surface area contributed by atoms with Crippen LogP contribution in [0.5, 0.6) is 0 Å². The first-order valence-corrected chi connectivity index (χ1v) is 10.9. The number of benzene rings is 1. The first-order chi connectivity index (χ1) is 14.3. The SMILES string of the molecule is Cc1cc(N)ccc1S(=O)(=O)NCCOCCOCCOCCOCCNC(=O)O. The fourth-order valence-corrected chi connectivity index (χ4v) is 3.53. The van der Waals surface area contributed by atoms with Crippen LogP contribution in [0.1, 0.15) is 5.56 Å². The maximum Gasteiger partial charge on any atom is 0.404 e. The van der Waals surface area contributed by atoms with Gasteiger partial charge < -0.3 is 35.1 Å². The highest BCUT2D eigenvalue weighted by atomic mass is 32.2. The van der Waals surface area contributed by atoms with E-state index in [0.29, 0.717) is 57.5 Å².